The molecule has 0 spiro atoms. The van der Waals surface area contributed by atoms with Crippen molar-refractivity contribution in [3.63, 3.8) is 0 Å². The number of carbonyl (C=O) groups excluding carboxylic acids is 2. The Morgan fingerprint density at radius 1 is 1.07 bits per heavy atom. The molecule has 3 aromatic rings. The average Bonchev–Trinajstić information content (AvgIpc) is 3.16. The van der Waals surface area contributed by atoms with Crippen molar-refractivity contribution in [2.24, 2.45) is 0 Å². The third-order valence-corrected chi connectivity index (χ3v) is 5.34. The minimum absolute atomic E-state index is 0.414. The maximum Gasteiger partial charge on any atom is 0.321 e. The Hall–Kier alpha value is -3.20. The third-order valence-electron chi connectivity index (χ3n) is 4.11. The van der Waals surface area contributed by atoms with Crippen LogP contribution >= 0.6 is 11.8 Å². The molecule has 3 rings (SSSR count). The highest BCUT2D eigenvalue weighted by Gasteiger charge is 2.26. The lowest BCUT2D eigenvalue weighted by Gasteiger charge is -2.16. The number of nitrogens with one attached hydrogen (secondary N) is 2. The molecule has 29 heavy (non-hydrogen) atoms. The number of hydrogen-bond acceptors (Lipinski definition) is 6. The molecule has 0 bridgehead atoms. The molecule has 9 heteroatoms. The number of benzene rings is 1. The molecule has 0 aliphatic carbocycles. The predicted molar refractivity (Wildman–Crippen MR) is 111 cm³/mol. The SMILES string of the molecule is CCNC(=O)NC(=O)[C@H](Sc1nnc(-c2ccncc2)n1CC)c1ccccc1. The summed E-state index contributed by atoms with van der Waals surface area (Å²) in [5, 5.41) is 13.5. The van der Waals surface area contributed by atoms with Gasteiger partial charge >= 0.3 is 6.03 Å². The number of carbonyl (C=O) groups is 2. The first-order chi connectivity index (χ1) is 14.1. The van der Waals surface area contributed by atoms with Crippen LogP contribution in [0.3, 0.4) is 0 Å². The Balaban J connectivity index is 1.91. The van der Waals surface area contributed by atoms with Gasteiger partial charge in [0.05, 0.1) is 0 Å². The molecule has 2 N–H and O–H groups in total. The van der Waals surface area contributed by atoms with Crippen LogP contribution in [0.2, 0.25) is 0 Å². The fourth-order valence-electron chi connectivity index (χ4n) is 2.76. The fourth-order valence-corrected chi connectivity index (χ4v) is 3.86. The first-order valence-electron chi connectivity index (χ1n) is 9.27. The Morgan fingerprint density at radius 3 is 2.45 bits per heavy atom. The molecule has 0 saturated heterocycles. The van der Waals surface area contributed by atoms with Crippen molar-refractivity contribution in [1.29, 1.82) is 0 Å². The minimum atomic E-state index is -0.654. The molecule has 2 heterocycles. The summed E-state index contributed by atoms with van der Waals surface area (Å²) < 4.78 is 1.94. The smallest absolute Gasteiger partial charge is 0.321 e. The van der Waals surface area contributed by atoms with E-state index in [9.17, 15) is 9.59 Å². The van der Waals surface area contributed by atoms with E-state index in [0.29, 0.717) is 24.1 Å². The van der Waals surface area contributed by atoms with E-state index in [-0.39, 0.29) is 0 Å². The Bertz CT molecular complexity index is 962. The van der Waals surface area contributed by atoms with Crippen molar-refractivity contribution in [1.82, 2.24) is 30.4 Å². The maximum absolute atomic E-state index is 12.9. The lowest BCUT2D eigenvalue weighted by atomic mass is 10.1. The molecular formula is C20H22N6O2S. The van der Waals surface area contributed by atoms with Crippen molar-refractivity contribution in [3.05, 3.63) is 60.4 Å². The summed E-state index contributed by atoms with van der Waals surface area (Å²) in [6.45, 7) is 4.84. The monoisotopic (exact) mass is 410 g/mol. The highest BCUT2D eigenvalue weighted by atomic mass is 32.2. The van der Waals surface area contributed by atoms with E-state index in [1.54, 1.807) is 19.3 Å². The summed E-state index contributed by atoms with van der Waals surface area (Å²) in [5.74, 6) is 0.289. The van der Waals surface area contributed by atoms with Gasteiger partial charge in [0, 0.05) is 31.0 Å². The van der Waals surface area contributed by atoms with E-state index in [1.165, 1.54) is 11.8 Å². The van der Waals surface area contributed by atoms with E-state index in [1.807, 2.05) is 54.0 Å². The zero-order chi connectivity index (χ0) is 20.6. The van der Waals surface area contributed by atoms with Gasteiger partial charge in [-0.15, -0.1) is 10.2 Å². The largest absolute Gasteiger partial charge is 0.338 e. The Morgan fingerprint density at radius 2 is 1.79 bits per heavy atom. The van der Waals surface area contributed by atoms with Gasteiger partial charge in [-0.2, -0.15) is 0 Å². The van der Waals surface area contributed by atoms with Crippen molar-refractivity contribution >= 4 is 23.7 Å². The zero-order valence-electron chi connectivity index (χ0n) is 16.2. The van der Waals surface area contributed by atoms with Crippen LogP contribution in [0.1, 0.15) is 24.7 Å². The van der Waals surface area contributed by atoms with Crippen LogP contribution in [0.4, 0.5) is 4.79 Å². The van der Waals surface area contributed by atoms with Crippen molar-refractivity contribution in [2.45, 2.75) is 30.8 Å². The summed E-state index contributed by atoms with van der Waals surface area (Å²) in [6.07, 6.45) is 3.40. The average molecular weight is 411 g/mol. The van der Waals surface area contributed by atoms with Gasteiger partial charge in [-0.05, 0) is 31.5 Å². The first-order valence-corrected chi connectivity index (χ1v) is 10.2. The number of nitrogens with zero attached hydrogens (tertiary/aromatic N) is 4. The standard InChI is InChI=1S/C20H22N6O2S/c1-3-22-19(28)23-18(27)16(14-8-6-5-7-9-14)29-20-25-24-17(26(20)4-2)15-10-12-21-13-11-15/h5-13,16H,3-4H2,1-2H3,(H2,22,23,27,28)/t16-/m1/s1. The van der Waals surface area contributed by atoms with Crippen LogP contribution in [0.15, 0.2) is 60.0 Å². The van der Waals surface area contributed by atoms with E-state index >= 15 is 0 Å². The molecule has 0 aliphatic rings. The topological polar surface area (TPSA) is 102 Å². The molecule has 1 atom stereocenters. The lowest BCUT2D eigenvalue weighted by molar-refractivity contribution is -0.119. The van der Waals surface area contributed by atoms with E-state index in [0.717, 1.165) is 11.1 Å². The molecule has 0 unspecified atom stereocenters. The molecule has 1 aromatic carbocycles. The molecule has 0 radical (unpaired) electrons. The van der Waals surface area contributed by atoms with Gasteiger partial charge in [0.2, 0.25) is 5.91 Å². The second-order valence-electron chi connectivity index (χ2n) is 6.04. The number of rotatable bonds is 7. The predicted octanol–water partition coefficient (Wildman–Crippen LogP) is 3.04. The summed E-state index contributed by atoms with van der Waals surface area (Å²) >= 11 is 1.26. The summed E-state index contributed by atoms with van der Waals surface area (Å²) in [6, 6.07) is 12.5. The van der Waals surface area contributed by atoms with Gasteiger partial charge in [0.1, 0.15) is 5.25 Å². The van der Waals surface area contributed by atoms with Gasteiger partial charge in [0.25, 0.3) is 0 Å². The highest BCUT2D eigenvalue weighted by molar-refractivity contribution is 8.00. The molecular weight excluding hydrogens is 388 g/mol. The second kappa shape index (κ2) is 9.83. The Labute approximate surface area is 173 Å². The van der Waals surface area contributed by atoms with Crippen molar-refractivity contribution < 1.29 is 9.59 Å². The maximum atomic E-state index is 12.9. The third kappa shape index (κ3) is 5.00. The molecule has 3 amide bonds. The number of hydrogen-bond donors (Lipinski definition) is 2. The van der Waals surface area contributed by atoms with Crippen molar-refractivity contribution in [3.8, 4) is 11.4 Å². The number of urea groups is 1. The van der Waals surface area contributed by atoms with E-state index in [4.69, 9.17) is 0 Å². The van der Waals surface area contributed by atoms with Gasteiger partial charge in [0.15, 0.2) is 11.0 Å². The second-order valence-corrected chi connectivity index (χ2v) is 7.12. The quantitative estimate of drug-likeness (QED) is 0.581. The first kappa shape index (κ1) is 20.5. The van der Waals surface area contributed by atoms with E-state index < -0.39 is 17.2 Å². The van der Waals surface area contributed by atoms with Crippen LogP contribution < -0.4 is 10.6 Å². The summed E-state index contributed by atoms with van der Waals surface area (Å²) in [7, 11) is 0. The van der Waals surface area contributed by atoms with Crippen LogP contribution in [0, 0.1) is 0 Å². The molecule has 0 fully saturated rings. The fraction of sp³-hybridized carbons (Fsp3) is 0.250. The number of thioether (sulfide) groups is 1. The summed E-state index contributed by atoms with van der Waals surface area (Å²) in [4.78, 5) is 28.7. The molecule has 0 saturated carbocycles. The number of aromatic nitrogens is 4. The molecule has 0 aliphatic heterocycles. The molecule has 2 aromatic heterocycles. The van der Waals surface area contributed by atoms with Gasteiger partial charge in [-0.25, -0.2) is 4.79 Å². The highest BCUT2D eigenvalue weighted by Crippen LogP contribution is 2.36. The van der Waals surface area contributed by atoms with Gasteiger partial charge in [-0.1, -0.05) is 42.1 Å². The van der Waals surface area contributed by atoms with Gasteiger partial charge < -0.3 is 9.88 Å². The number of imide groups is 1. The molecule has 8 nitrogen and oxygen atoms in total. The number of pyridine rings is 1. The zero-order valence-corrected chi connectivity index (χ0v) is 17.0. The van der Waals surface area contributed by atoms with Gasteiger partial charge in [-0.3, -0.25) is 15.1 Å². The Kier molecular flexibility index (Phi) is 6.96. The normalized spacial score (nSPS) is 11.7. The van der Waals surface area contributed by atoms with Crippen LogP contribution in [0.5, 0.6) is 0 Å². The summed E-state index contributed by atoms with van der Waals surface area (Å²) in [5.41, 5.74) is 1.67. The minimum Gasteiger partial charge on any atom is -0.338 e. The van der Waals surface area contributed by atoms with Crippen molar-refractivity contribution in [2.75, 3.05) is 6.54 Å². The van der Waals surface area contributed by atoms with Crippen LogP contribution in [-0.2, 0) is 11.3 Å². The number of amides is 3. The lowest BCUT2D eigenvalue weighted by Crippen LogP contribution is -2.41. The van der Waals surface area contributed by atoms with Crippen LogP contribution in [-0.4, -0.2) is 38.2 Å². The van der Waals surface area contributed by atoms with Crippen LogP contribution in [0.25, 0.3) is 11.4 Å². The molecule has 150 valence electrons. The van der Waals surface area contributed by atoms with E-state index in [2.05, 4.69) is 25.8 Å².